The zero-order chi connectivity index (χ0) is 19.6. The largest absolute Gasteiger partial charge is 0.444 e. The first kappa shape index (κ1) is 25.4. The van der Waals surface area contributed by atoms with Crippen molar-refractivity contribution in [2.75, 3.05) is 19.6 Å². The number of aliphatic imine (C=N–C) groups is 1. The molecule has 1 aromatic heterocycles. The van der Waals surface area contributed by atoms with E-state index >= 15 is 0 Å². The zero-order valence-corrected chi connectivity index (χ0v) is 19.6. The summed E-state index contributed by atoms with van der Waals surface area (Å²) in [7, 11) is 0. The maximum absolute atomic E-state index is 12.0. The summed E-state index contributed by atoms with van der Waals surface area (Å²) in [5.41, 5.74) is -0.0142. The summed E-state index contributed by atoms with van der Waals surface area (Å²) in [5.74, 6) is 0.711. The minimum atomic E-state index is -0.522. The lowest BCUT2D eigenvalue weighted by Crippen LogP contribution is -2.49. The minimum Gasteiger partial charge on any atom is -0.444 e. The van der Waals surface area contributed by atoms with Gasteiger partial charge in [0.05, 0.1) is 12.1 Å². The molecule has 0 aliphatic carbocycles. The van der Waals surface area contributed by atoms with Crippen LogP contribution >= 0.6 is 24.0 Å². The van der Waals surface area contributed by atoms with Gasteiger partial charge in [-0.1, -0.05) is 6.07 Å². The molecule has 0 aliphatic heterocycles. The molecule has 0 atom stereocenters. The maximum Gasteiger partial charge on any atom is 0.408 e. The van der Waals surface area contributed by atoms with Crippen molar-refractivity contribution in [2.24, 2.45) is 4.99 Å². The summed E-state index contributed by atoms with van der Waals surface area (Å²) in [4.78, 5) is 20.8. The summed E-state index contributed by atoms with van der Waals surface area (Å²) in [5, 5.41) is 9.35. The topological polar surface area (TPSA) is 87.6 Å². The van der Waals surface area contributed by atoms with E-state index in [0.717, 1.165) is 25.2 Å². The van der Waals surface area contributed by atoms with E-state index in [-0.39, 0.29) is 24.0 Å². The molecule has 1 aromatic rings. The molecule has 0 bridgehead atoms. The van der Waals surface area contributed by atoms with Crippen molar-refractivity contribution in [3.63, 3.8) is 0 Å². The number of guanidine groups is 1. The van der Waals surface area contributed by atoms with Gasteiger partial charge in [-0.3, -0.25) is 9.98 Å². The van der Waals surface area contributed by atoms with Crippen molar-refractivity contribution in [1.29, 1.82) is 0 Å². The van der Waals surface area contributed by atoms with Gasteiger partial charge in [0.25, 0.3) is 0 Å². The van der Waals surface area contributed by atoms with Gasteiger partial charge in [-0.05, 0) is 53.7 Å². The molecular formula is C19H34IN5O2. The Morgan fingerprint density at radius 1 is 1.19 bits per heavy atom. The van der Waals surface area contributed by atoms with E-state index in [2.05, 4.69) is 25.9 Å². The Balaban J connectivity index is 0.00000676. The number of nitrogens with zero attached hydrogens (tertiary/aromatic N) is 2. The van der Waals surface area contributed by atoms with E-state index in [1.54, 1.807) is 6.20 Å². The highest BCUT2D eigenvalue weighted by Gasteiger charge is 2.24. The van der Waals surface area contributed by atoms with E-state index in [1.165, 1.54) is 0 Å². The second-order valence-electron chi connectivity index (χ2n) is 7.70. The van der Waals surface area contributed by atoms with E-state index in [4.69, 9.17) is 4.74 Å². The number of halogens is 1. The fourth-order valence-electron chi connectivity index (χ4n) is 2.09. The number of aromatic nitrogens is 1. The summed E-state index contributed by atoms with van der Waals surface area (Å²) in [6.45, 7) is 13.3. The molecule has 0 aliphatic rings. The predicted octanol–water partition coefficient (Wildman–Crippen LogP) is 3.10. The predicted molar refractivity (Wildman–Crippen MR) is 121 cm³/mol. The molecule has 154 valence electrons. The third-order valence-corrected chi connectivity index (χ3v) is 3.22. The zero-order valence-electron chi connectivity index (χ0n) is 17.3. The number of rotatable bonds is 7. The highest BCUT2D eigenvalue weighted by molar-refractivity contribution is 14.0. The van der Waals surface area contributed by atoms with Crippen molar-refractivity contribution in [2.45, 2.75) is 59.1 Å². The molecule has 1 rings (SSSR count). The van der Waals surface area contributed by atoms with Gasteiger partial charge in [-0.25, -0.2) is 4.79 Å². The van der Waals surface area contributed by atoms with Crippen LogP contribution < -0.4 is 16.0 Å². The third kappa shape index (κ3) is 12.4. The van der Waals surface area contributed by atoms with Crippen LogP contribution in [0.25, 0.3) is 0 Å². The van der Waals surface area contributed by atoms with Gasteiger partial charge < -0.3 is 20.7 Å². The normalized spacial score (nSPS) is 12.0. The summed E-state index contributed by atoms with van der Waals surface area (Å²) >= 11 is 0. The molecule has 0 spiro atoms. The van der Waals surface area contributed by atoms with Crippen molar-refractivity contribution in [1.82, 2.24) is 20.9 Å². The number of alkyl carbamates (subject to hydrolysis) is 1. The molecule has 1 heterocycles. The lowest BCUT2D eigenvalue weighted by Gasteiger charge is -2.27. The molecule has 3 N–H and O–H groups in total. The van der Waals surface area contributed by atoms with Gasteiger partial charge in [0.1, 0.15) is 5.60 Å². The molecule has 27 heavy (non-hydrogen) atoms. The Morgan fingerprint density at radius 2 is 1.89 bits per heavy atom. The Hall–Kier alpha value is -1.58. The van der Waals surface area contributed by atoms with E-state index in [0.29, 0.717) is 12.5 Å². The lowest BCUT2D eigenvalue weighted by molar-refractivity contribution is 0.0476. The van der Waals surface area contributed by atoms with Gasteiger partial charge in [0.2, 0.25) is 0 Å². The van der Waals surface area contributed by atoms with Crippen molar-refractivity contribution < 1.29 is 9.53 Å². The number of hydrogen-bond acceptors (Lipinski definition) is 4. The Bertz CT molecular complexity index is 586. The monoisotopic (exact) mass is 491 g/mol. The smallest absolute Gasteiger partial charge is 0.408 e. The fourth-order valence-corrected chi connectivity index (χ4v) is 2.09. The molecule has 0 unspecified atom stereocenters. The van der Waals surface area contributed by atoms with Crippen molar-refractivity contribution in [3.05, 3.63) is 30.1 Å². The summed E-state index contributed by atoms with van der Waals surface area (Å²) in [6.07, 6.45) is 2.16. The standard InChI is InChI=1S/C19H33N5O2.HI/c1-7-20-16(22-13-11-15-10-8-9-12-21-15)23-14-19(5,6)24-17(25)26-18(2,3)4;/h8-10,12H,7,11,13-14H2,1-6H3,(H,24,25)(H2,20,22,23);1H. The van der Waals surface area contributed by atoms with E-state index in [9.17, 15) is 4.79 Å². The van der Waals surface area contributed by atoms with Crippen molar-refractivity contribution >= 4 is 36.0 Å². The molecular weight excluding hydrogens is 457 g/mol. The van der Waals surface area contributed by atoms with Gasteiger partial charge >= 0.3 is 6.09 Å². The van der Waals surface area contributed by atoms with E-state index < -0.39 is 17.2 Å². The number of nitrogens with one attached hydrogen (secondary N) is 3. The van der Waals surface area contributed by atoms with Crippen LogP contribution in [0.3, 0.4) is 0 Å². The van der Waals surface area contributed by atoms with Crippen molar-refractivity contribution in [3.8, 4) is 0 Å². The average molecular weight is 491 g/mol. The van der Waals surface area contributed by atoms with Gasteiger partial charge in [-0.15, -0.1) is 24.0 Å². The first-order valence-corrected chi connectivity index (χ1v) is 9.04. The Kier molecular flexibility index (Phi) is 11.3. The number of carbonyl (C=O) groups excluding carboxylic acids is 1. The van der Waals surface area contributed by atoms with Crippen LogP contribution in [0.5, 0.6) is 0 Å². The molecule has 7 nitrogen and oxygen atoms in total. The Morgan fingerprint density at radius 3 is 2.44 bits per heavy atom. The van der Waals surface area contributed by atoms with E-state index in [1.807, 2.05) is 59.7 Å². The minimum absolute atomic E-state index is 0. The lowest BCUT2D eigenvalue weighted by atomic mass is 10.1. The molecule has 8 heteroatoms. The third-order valence-electron chi connectivity index (χ3n) is 3.22. The summed E-state index contributed by atoms with van der Waals surface area (Å²) in [6, 6.07) is 5.88. The fraction of sp³-hybridized carbons (Fsp3) is 0.632. The first-order valence-electron chi connectivity index (χ1n) is 9.04. The summed E-state index contributed by atoms with van der Waals surface area (Å²) < 4.78 is 5.31. The number of pyridine rings is 1. The Labute approximate surface area is 180 Å². The number of carbonyl (C=O) groups is 1. The molecule has 0 saturated heterocycles. The molecule has 1 amide bonds. The van der Waals surface area contributed by atoms with Crippen LogP contribution in [0, 0.1) is 0 Å². The molecule has 0 saturated carbocycles. The highest BCUT2D eigenvalue weighted by Crippen LogP contribution is 2.09. The quantitative estimate of drug-likeness (QED) is 0.310. The first-order chi connectivity index (χ1) is 12.1. The molecule has 0 radical (unpaired) electrons. The van der Waals surface area contributed by atoms with Crippen LogP contribution in [0.4, 0.5) is 4.79 Å². The molecule has 0 aromatic carbocycles. The van der Waals surface area contributed by atoms with Crippen LogP contribution in [0.1, 0.15) is 47.2 Å². The molecule has 0 fully saturated rings. The number of hydrogen-bond donors (Lipinski definition) is 3. The van der Waals surface area contributed by atoms with Crippen LogP contribution in [0.15, 0.2) is 29.4 Å². The van der Waals surface area contributed by atoms with Crippen LogP contribution in [0.2, 0.25) is 0 Å². The van der Waals surface area contributed by atoms with Crippen LogP contribution in [-0.4, -0.2) is 47.8 Å². The SMILES string of the molecule is CCNC(=NCC(C)(C)NC(=O)OC(C)(C)C)NCCc1ccccn1.I. The second kappa shape index (κ2) is 12.0. The highest BCUT2D eigenvalue weighted by atomic mass is 127. The van der Waals surface area contributed by atoms with Gasteiger partial charge in [0, 0.05) is 31.4 Å². The number of ether oxygens (including phenoxy) is 1. The maximum atomic E-state index is 12.0. The second-order valence-corrected chi connectivity index (χ2v) is 7.70. The van der Waals surface area contributed by atoms with Gasteiger partial charge in [-0.2, -0.15) is 0 Å². The average Bonchev–Trinajstić information content (AvgIpc) is 2.51. The number of amides is 1. The van der Waals surface area contributed by atoms with Gasteiger partial charge in [0.15, 0.2) is 5.96 Å². The van der Waals surface area contributed by atoms with Crippen LogP contribution in [-0.2, 0) is 11.2 Å².